The van der Waals surface area contributed by atoms with Crippen molar-refractivity contribution in [2.75, 3.05) is 20.8 Å². The Hall–Kier alpha value is -2.54. The number of carbonyl (C=O) groups excluding carboxylic acids is 1. The van der Waals surface area contributed by atoms with Crippen LogP contribution < -0.4 is 14.8 Å². The number of nitrogens with zero attached hydrogens (tertiary/aromatic N) is 1. The summed E-state index contributed by atoms with van der Waals surface area (Å²) >= 11 is 0. The zero-order valence-electron chi connectivity index (χ0n) is 15.0. The number of rotatable bonds is 8. The van der Waals surface area contributed by atoms with E-state index in [-0.39, 0.29) is 24.5 Å². The van der Waals surface area contributed by atoms with E-state index in [1.165, 1.54) is 0 Å². The van der Waals surface area contributed by atoms with E-state index in [4.69, 9.17) is 9.47 Å². The van der Waals surface area contributed by atoms with Crippen molar-refractivity contribution in [1.29, 1.82) is 0 Å². The second-order valence-corrected chi connectivity index (χ2v) is 5.88. The molecule has 1 aromatic heterocycles. The molecule has 0 aliphatic heterocycles. The SMILES string of the molecule is CC[C@@H](C)[C@H](CO)NC(=O)c1cc(-c2ccc(OC)c(OC)c2)n[nH]1. The first-order valence-electron chi connectivity index (χ1n) is 8.23. The molecule has 2 rings (SSSR count). The van der Waals surface area contributed by atoms with Crippen LogP contribution in [0.3, 0.4) is 0 Å². The van der Waals surface area contributed by atoms with E-state index in [2.05, 4.69) is 15.5 Å². The van der Waals surface area contributed by atoms with Gasteiger partial charge in [0.2, 0.25) is 0 Å². The molecule has 0 fully saturated rings. The normalized spacial score (nSPS) is 13.2. The highest BCUT2D eigenvalue weighted by atomic mass is 16.5. The highest BCUT2D eigenvalue weighted by Gasteiger charge is 2.20. The fourth-order valence-electron chi connectivity index (χ4n) is 2.48. The molecule has 7 heteroatoms. The van der Waals surface area contributed by atoms with Crippen LogP contribution in [-0.4, -0.2) is 48.1 Å². The molecule has 2 atom stereocenters. The molecule has 25 heavy (non-hydrogen) atoms. The van der Waals surface area contributed by atoms with Crippen molar-refractivity contribution in [2.24, 2.45) is 5.92 Å². The molecule has 136 valence electrons. The Labute approximate surface area is 147 Å². The van der Waals surface area contributed by atoms with Gasteiger partial charge in [0.1, 0.15) is 5.69 Å². The summed E-state index contributed by atoms with van der Waals surface area (Å²) < 4.78 is 10.5. The van der Waals surface area contributed by atoms with Crippen molar-refractivity contribution >= 4 is 5.91 Å². The van der Waals surface area contributed by atoms with Gasteiger partial charge in [-0.25, -0.2) is 0 Å². The van der Waals surface area contributed by atoms with E-state index in [0.717, 1.165) is 12.0 Å². The van der Waals surface area contributed by atoms with Gasteiger partial charge in [-0.2, -0.15) is 5.10 Å². The zero-order valence-corrected chi connectivity index (χ0v) is 15.0. The van der Waals surface area contributed by atoms with Crippen molar-refractivity contribution in [3.05, 3.63) is 30.0 Å². The molecule has 0 saturated carbocycles. The minimum atomic E-state index is -0.293. The number of carbonyl (C=O) groups is 1. The number of aromatic amines is 1. The van der Waals surface area contributed by atoms with Crippen molar-refractivity contribution < 1.29 is 19.4 Å². The van der Waals surface area contributed by atoms with Gasteiger partial charge in [0, 0.05) is 5.56 Å². The predicted octanol–water partition coefficient (Wildman–Crippen LogP) is 2.23. The third kappa shape index (κ3) is 4.30. The van der Waals surface area contributed by atoms with Crippen LogP contribution in [0, 0.1) is 5.92 Å². The second kappa shape index (κ2) is 8.53. The van der Waals surface area contributed by atoms with Crippen LogP contribution in [-0.2, 0) is 0 Å². The highest BCUT2D eigenvalue weighted by molar-refractivity contribution is 5.93. The van der Waals surface area contributed by atoms with Gasteiger partial charge in [-0.1, -0.05) is 20.3 Å². The van der Waals surface area contributed by atoms with Gasteiger partial charge in [-0.3, -0.25) is 9.89 Å². The quantitative estimate of drug-likeness (QED) is 0.680. The largest absolute Gasteiger partial charge is 0.493 e. The van der Waals surface area contributed by atoms with Crippen molar-refractivity contribution in [1.82, 2.24) is 15.5 Å². The number of aliphatic hydroxyl groups is 1. The Kier molecular flexibility index (Phi) is 6.41. The Morgan fingerprint density at radius 3 is 2.60 bits per heavy atom. The first-order chi connectivity index (χ1) is 12.0. The number of aromatic nitrogens is 2. The average molecular weight is 347 g/mol. The van der Waals surface area contributed by atoms with Crippen molar-refractivity contribution in [3.63, 3.8) is 0 Å². The number of nitrogens with one attached hydrogen (secondary N) is 2. The number of hydrogen-bond donors (Lipinski definition) is 3. The Balaban J connectivity index is 2.18. The monoisotopic (exact) mass is 347 g/mol. The van der Waals surface area contributed by atoms with Crippen LogP contribution in [0.5, 0.6) is 11.5 Å². The van der Waals surface area contributed by atoms with Crippen LogP contribution in [0.2, 0.25) is 0 Å². The maximum atomic E-state index is 12.4. The molecule has 1 heterocycles. The molecule has 0 aliphatic carbocycles. The number of aliphatic hydroxyl groups excluding tert-OH is 1. The van der Waals surface area contributed by atoms with Crippen LogP contribution in [0.4, 0.5) is 0 Å². The molecule has 1 aromatic carbocycles. The maximum Gasteiger partial charge on any atom is 0.269 e. The van der Waals surface area contributed by atoms with Gasteiger partial charge >= 0.3 is 0 Å². The fourth-order valence-corrected chi connectivity index (χ4v) is 2.48. The minimum absolute atomic E-state index is 0.0998. The molecule has 7 nitrogen and oxygen atoms in total. The molecule has 0 spiro atoms. The van der Waals surface area contributed by atoms with Crippen LogP contribution >= 0.6 is 0 Å². The Morgan fingerprint density at radius 2 is 2.00 bits per heavy atom. The lowest BCUT2D eigenvalue weighted by Gasteiger charge is -2.21. The first-order valence-corrected chi connectivity index (χ1v) is 8.23. The standard InChI is InChI=1S/C18H25N3O4/c1-5-11(2)15(10-22)19-18(23)14-9-13(20-21-14)12-6-7-16(24-3)17(8-12)25-4/h6-9,11,15,22H,5,10H2,1-4H3,(H,19,23)(H,20,21)/t11-,15+/m1/s1. The van der Waals surface area contributed by atoms with Gasteiger partial charge in [-0.15, -0.1) is 0 Å². The average Bonchev–Trinajstić information content (AvgIpc) is 3.14. The Morgan fingerprint density at radius 1 is 1.28 bits per heavy atom. The number of hydrogen-bond acceptors (Lipinski definition) is 5. The molecule has 1 amide bonds. The van der Waals surface area contributed by atoms with Crippen LogP contribution in [0.25, 0.3) is 11.3 Å². The van der Waals surface area contributed by atoms with Gasteiger partial charge in [-0.05, 0) is 30.2 Å². The van der Waals surface area contributed by atoms with E-state index >= 15 is 0 Å². The van der Waals surface area contributed by atoms with Gasteiger partial charge in [0.25, 0.3) is 5.91 Å². The maximum absolute atomic E-state index is 12.4. The second-order valence-electron chi connectivity index (χ2n) is 5.88. The molecule has 0 aliphatic rings. The van der Waals surface area contributed by atoms with E-state index in [1.807, 2.05) is 19.9 Å². The summed E-state index contributed by atoms with van der Waals surface area (Å²) in [5.74, 6) is 1.10. The van der Waals surface area contributed by atoms with E-state index < -0.39 is 0 Å². The smallest absolute Gasteiger partial charge is 0.269 e. The summed E-state index contributed by atoms with van der Waals surface area (Å²) in [6.45, 7) is 3.91. The van der Waals surface area contributed by atoms with E-state index in [1.54, 1.807) is 32.4 Å². The fraction of sp³-hybridized carbons (Fsp3) is 0.444. The number of amides is 1. The summed E-state index contributed by atoms with van der Waals surface area (Å²) in [6, 6.07) is 6.81. The lowest BCUT2D eigenvalue weighted by molar-refractivity contribution is 0.0886. The van der Waals surface area contributed by atoms with Crippen molar-refractivity contribution in [3.8, 4) is 22.8 Å². The number of H-pyrrole nitrogens is 1. The summed E-state index contributed by atoms with van der Waals surface area (Å²) in [5, 5.41) is 19.2. The minimum Gasteiger partial charge on any atom is -0.493 e. The van der Waals surface area contributed by atoms with Crippen LogP contribution in [0.15, 0.2) is 24.3 Å². The Bertz CT molecular complexity index is 714. The molecule has 0 bridgehead atoms. The summed E-state index contributed by atoms with van der Waals surface area (Å²) in [6.07, 6.45) is 0.866. The molecular weight excluding hydrogens is 322 g/mol. The van der Waals surface area contributed by atoms with Gasteiger partial charge < -0.3 is 19.9 Å². The molecule has 2 aromatic rings. The third-order valence-electron chi connectivity index (χ3n) is 4.35. The van der Waals surface area contributed by atoms with Gasteiger partial charge in [0.05, 0.1) is 32.6 Å². The van der Waals surface area contributed by atoms with Gasteiger partial charge in [0.15, 0.2) is 11.5 Å². The van der Waals surface area contributed by atoms with E-state index in [9.17, 15) is 9.90 Å². The zero-order chi connectivity index (χ0) is 18.4. The lowest BCUT2D eigenvalue weighted by Crippen LogP contribution is -2.42. The number of ether oxygens (including phenoxy) is 2. The third-order valence-corrected chi connectivity index (χ3v) is 4.35. The molecule has 3 N–H and O–H groups in total. The summed E-state index contributed by atoms with van der Waals surface area (Å²) in [7, 11) is 3.14. The lowest BCUT2D eigenvalue weighted by atomic mass is 10.00. The first kappa shape index (κ1) is 18.8. The van der Waals surface area contributed by atoms with E-state index in [0.29, 0.717) is 22.9 Å². The molecule has 0 radical (unpaired) electrons. The number of benzene rings is 1. The molecule has 0 unspecified atom stereocenters. The predicted molar refractivity (Wildman–Crippen MR) is 94.9 cm³/mol. The van der Waals surface area contributed by atoms with Crippen LogP contribution in [0.1, 0.15) is 30.8 Å². The summed E-state index contributed by atoms with van der Waals surface area (Å²) in [4.78, 5) is 12.4. The highest BCUT2D eigenvalue weighted by Crippen LogP contribution is 2.31. The summed E-state index contributed by atoms with van der Waals surface area (Å²) in [5.41, 5.74) is 1.76. The molecule has 0 saturated heterocycles. The number of methoxy groups -OCH3 is 2. The molecular formula is C18H25N3O4. The van der Waals surface area contributed by atoms with Crippen molar-refractivity contribution in [2.45, 2.75) is 26.3 Å². The topological polar surface area (TPSA) is 96.5 Å².